The fraction of sp³-hybridized carbons (Fsp3) is 0.500. The van der Waals surface area contributed by atoms with Crippen LogP contribution in [0.4, 0.5) is 0 Å². The van der Waals surface area contributed by atoms with Crippen molar-refractivity contribution in [3.8, 4) is 5.75 Å². The number of hydrogen-bond acceptors (Lipinski definition) is 4. The first-order valence-electron chi connectivity index (χ1n) is 6.49. The average molecular weight is 300 g/mol. The molecule has 6 heteroatoms. The molecule has 0 amide bonds. The van der Waals surface area contributed by atoms with Gasteiger partial charge in [-0.25, -0.2) is 0 Å². The second-order valence-electron chi connectivity index (χ2n) is 4.62. The van der Waals surface area contributed by atoms with E-state index in [1.165, 1.54) is 0 Å². The summed E-state index contributed by atoms with van der Waals surface area (Å²) in [5.74, 6) is -0.237. The lowest BCUT2D eigenvalue weighted by atomic mass is 10.00. The molecule has 0 aliphatic carbocycles. The van der Waals surface area contributed by atoms with Gasteiger partial charge in [0.2, 0.25) is 0 Å². The monoisotopic (exact) mass is 299 g/mol. The molecule has 1 N–H and O–H groups in total. The van der Waals surface area contributed by atoms with E-state index in [0.29, 0.717) is 37.1 Å². The molecular weight excluding hydrogens is 282 g/mol. The molecule has 1 unspecified atom stereocenters. The van der Waals surface area contributed by atoms with Gasteiger partial charge in [0, 0.05) is 23.7 Å². The lowest BCUT2D eigenvalue weighted by molar-refractivity contribution is -0.139. The lowest BCUT2D eigenvalue weighted by Gasteiger charge is -2.35. The zero-order chi connectivity index (χ0) is 14.5. The topological polar surface area (TPSA) is 59.0 Å². The van der Waals surface area contributed by atoms with Crippen LogP contribution in [0.5, 0.6) is 5.75 Å². The van der Waals surface area contributed by atoms with Crippen LogP contribution in [0, 0.1) is 0 Å². The lowest BCUT2D eigenvalue weighted by Crippen LogP contribution is -2.40. The zero-order valence-corrected chi connectivity index (χ0v) is 12.1. The molecule has 1 heterocycles. The summed E-state index contributed by atoms with van der Waals surface area (Å²) in [6, 6.07) is 5.05. The van der Waals surface area contributed by atoms with Gasteiger partial charge in [0.15, 0.2) is 0 Å². The Hall–Kier alpha value is -1.30. The van der Waals surface area contributed by atoms with Crippen LogP contribution in [-0.2, 0) is 9.53 Å². The Kier molecular flexibility index (Phi) is 5.23. The van der Waals surface area contributed by atoms with E-state index < -0.39 is 5.97 Å². The largest absolute Gasteiger partial charge is 0.496 e. The highest BCUT2D eigenvalue weighted by Crippen LogP contribution is 2.37. The van der Waals surface area contributed by atoms with Crippen molar-refractivity contribution in [2.24, 2.45) is 0 Å². The SMILES string of the molecule is COc1cccc(Cl)c1C(CC(=O)O)N1CCOCC1. The quantitative estimate of drug-likeness (QED) is 0.903. The summed E-state index contributed by atoms with van der Waals surface area (Å²) < 4.78 is 10.7. The molecule has 1 fully saturated rings. The molecule has 0 aromatic heterocycles. The predicted molar refractivity (Wildman–Crippen MR) is 75.4 cm³/mol. The fourth-order valence-electron chi connectivity index (χ4n) is 2.49. The molecule has 0 spiro atoms. The predicted octanol–water partition coefficient (Wildman–Crippen LogP) is 2.20. The smallest absolute Gasteiger partial charge is 0.305 e. The molecule has 1 aromatic rings. The van der Waals surface area contributed by atoms with Crippen molar-refractivity contribution < 1.29 is 19.4 Å². The Morgan fingerprint density at radius 2 is 2.20 bits per heavy atom. The number of methoxy groups -OCH3 is 1. The summed E-state index contributed by atoms with van der Waals surface area (Å²) in [7, 11) is 1.56. The van der Waals surface area contributed by atoms with Crippen molar-refractivity contribution in [3.05, 3.63) is 28.8 Å². The second-order valence-corrected chi connectivity index (χ2v) is 5.02. The third-order valence-corrected chi connectivity index (χ3v) is 3.75. The number of halogens is 1. The molecular formula is C14H18ClNO4. The maximum atomic E-state index is 11.2. The van der Waals surface area contributed by atoms with Crippen LogP contribution in [0.2, 0.25) is 5.02 Å². The van der Waals surface area contributed by atoms with Gasteiger partial charge >= 0.3 is 5.97 Å². The molecule has 1 aliphatic heterocycles. The highest BCUT2D eigenvalue weighted by Gasteiger charge is 2.29. The molecule has 5 nitrogen and oxygen atoms in total. The summed E-state index contributed by atoms with van der Waals surface area (Å²) >= 11 is 6.27. The fourth-order valence-corrected chi connectivity index (χ4v) is 2.78. The molecule has 1 aromatic carbocycles. The van der Waals surface area contributed by atoms with Gasteiger partial charge in [0.05, 0.1) is 32.8 Å². The minimum atomic E-state index is -0.858. The van der Waals surface area contributed by atoms with Crippen LogP contribution >= 0.6 is 11.6 Å². The average Bonchev–Trinajstić information content (AvgIpc) is 2.45. The van der Waals surface area contributed by atoms with E-state index in [-0.39, 0.29) is 12.5 Å². The standard InChI is InChI=1S/C14H18ClNO4/c1-19-12-4-2-3-10(15)14(12)11(9-13(17)18)16-5-7-20-8-6-16/h2-4,11H,5-9H2,1H3,(H,17,18). The Morgan fingerprint density at radius 1 is 1.50 bits per heavy atom. The third kappa shape index (κ3) is 3.42. The summed E-state index contributed by atoms with van der Waals surface area (Å²) in [5.41, 5.74) is 0.737. The molecule has 1 saturated heterocycles. The number of rotatable bonds is 5. The normalized spacial score (nSPS) is 17.7. The molecule has 1 atom stereocenters. The summed E-state index contributed by atoms with van der Waals surface area (Å²) in [5, 5.41) is 9.72. The van der Waals surface area contributed by atoms with Gasteiger partial charge in [0.25, 0.3) is 0 Å². The van der Waals surface area contributed by atoms with E-state index in [1.807, 2.05) is 0 Å². The number of nitrogens with zero attached hydrogens (tertiary/aromatic N) is 1. The van der Waals surface area contributed by atoms with Crippen LogP contribution in [0.3, 0.4) is 0 Å². The summed E-state index contributed by atoms with van der Waals surface area (Å²) in [6.45, 7) is 2.57. The maximum Gasteiger partial charge on any atom is 0.305 e. The van der Waals surface area contributed by atoms with E-state index in [0.717, 1.165) is 5.56 Å². The number of aliphatic carboxylic acids is 1. The molecule has 20 heavy (non-hydrogen) atoms. The molecule has 0 bridgehead atoms. The van der Waals surface area contributed by atoms with Gasteiger partial charge in [-0.15, -0.1) is 0 Å². The first kappa shape index (κ1) is 15.1. The van der Waals surface area contributed by atoms with Crippen LogP contribution in [0.1, 0.15) is 18.0 Å². The van der Waals surface area contributed by atoms with Crippen molar-refractivity contribution in [3.63, 3.8) is 0 Å². The minimum absolute atomic E-state index is 0.0138. The van der Waals surface area contributed by atoms with Crippen LogP contribution < -0.4 is 4.74 Å². The van der Waals surface area contributed by atoms with Crippen molar-refractivity contribution in [2.75, 3.05) is 33.4 Å². The van der Waals surface area contributed by atoms with Crippen molar-refractivity contribution in [2.45, 2.75) is 12.5 Å². The van der Waals surface area contributed by atoms with Crippen molar-refractivity contribution in [1.82, 2.24) is 4.90 Å². The van der Waals surface area contributed by atoms with Gasteiger partial charge in [-0.1, -0.05) is 17.7 Å². The highest BCUT2D eigenvalue weighted by molar-refractivity contribution is 6.31. The first-order valence-corrected chi connectivity index (χ1v) is 6.87. The Labute approximate surface area is 123 Å². The summed E-state index contributed by atoms with van der Waals surface area (Å²) in [4.78, 5) is 13.3. The van der Waals surface area contributed by atoms with E-state index in [4.69, 9.17) is 21.1 Å². The van der Waals surface area contributed by atoms with E-state index >= 15 is 0 Å². The van der Waals surface area contributed by atoms with Gasteiger partial charge in [-0.05, 0) is 12.1 Å². The van der Waals surface area contributed by atoms with Gasteiger partial charge in [-0.2, -0.15) is 0 Å². The number of carboxylic acid groups (broad SMARTS) is 1. The molecule has 2 rings (SSSR count). The van der Waals surface area contributed by atoms with Crippen molar-refractivity contribution in [1.29, 1.82) is 0 Å². The van der Waals surface area contributed by atoms with Gasteiger partial charge in [-0.3, -0.25) is 9.69 Å². The number of morpholine rings is 1. The third-order valence-electron chi connectivity index (χ3n) is 3.42. The van der Waals surface area contributed by atoms with Gasteiger partial charge in [0.1, 0.15) is 5.75 Å². The minimum Gasteiger partial charge on any atom is -0.496 e. The Bertz CT molecular complexity index is 474. The number of hydrogen-bond donors (Lipinski definition) is 1. The summed E-state index contributed by atoms with van der Waals surface area (Å²) in [6.07, 6.45) is -0.0138. The van der Waals surface area contributed by atoms with Crippen molar-refractivity contribution >= 4 is 17.6 Å². The first-order chi connectivity index (χ1) is 9.63. The number of benzene rings is 1. The molecule has 1 aliphatic rings. The van der Waals surface area contributed by atoms with Crippen LogP contribution in [0.15, 0.2) is 18.2 Å². The molecule has 110 valence electrons. The number of carboxylic acids is 1. The second kappa shape index (κ2) is 6.92. The molecule has 0 radical (unpaired) electrons. The highest BCUT2D eigenvalue weighted by atomic mass is 35.5. The van der Waals surface area contributed by atoms with Crippen LogP contribution in [0.25, 0.3) is 0 Å². The van der Waals surface area contributed by atoms with E-state index in [1.54, 1.807) is 25.3 Å². The van der Waals surface area contributed by atoms with Gasteiger partial charge < -0.3 is 14.6 Å². The van der Waals surface area contributed by atoms with E-state index in [9.17, 15) is 9.90 Å². The van der Waals surface area contributed by atoms with Crippen LogP contribution in [-0.4, -0.2) is 49.4 Å². The van der Waals surface area contributed by atoms with E-state index in [2.05, 4.69) is 4.90 Å². The number of carbonyl (C=O) groups is 1. The maximum absolute atomic E-state index is 11.2. The zero-order valence-electron chi connectivity index (χ0n) is 11.3. The Balaban J connectivity index is 2.37. The Morgan fingerprint density at radius 3 is 2.80 bits per heavy atom. The molecule has 0 saturated carbocycles. The number of ether oxygens (including phenoxy) is 2.